The van der Waals surface area contributed by atoms with E-state index < -0.39 is 11.4 Å². The molecule has 2 heterocycles. The molecule has 0 fully saturated rings. The molecule has 1 aromatic carbocycles. The molecule has 3 aromatic rings. The van der Waals surface area contributed by atoms with Crippen molar-refractivity contribution in [3.05, 3.63) is 65.1 Å². The van der Waals surface area contributed by atoms with Gasteiger partial charge in [-0.3, -0.25) is 4.98 Å². The Hall–Kier alpha value is -3.42. The van der Waals surface area contributed by atoms with Gasteiger partial charge in [-0.2, -0.15) is 4.91 Å². The van der Waals surface area contributed by atoms with E-state index in [-0.39, 0.29) is 17.9 Å². The second kappa shape index (κ2) is 8.08. The van der Waals surface area contributed by atoms with E-state index in [1.165, 1.54) is 6.07 Å². The number of benzene rings is 1. The molecule has 0 atom stereocenters. The van der Waals surface area contributed by atoms with Crippen molar-refractivity contribution in [2.45, 2.75) is 26.3 Å². The number of aryl methyl sites for hydroxylation is 1. The van der Waals surface area contributed by atoms with Crippen LogP contribution in [-0.4, -0.2) is 27.0 Å². The number of aromatic nitrogens is 3. The number of hydrogen-bond acceptors (Lipinski definition) is 7. The molecular formula is C20H21FN6O. The Labute approximate surface area is 162 Å². The third-order valence-electron chi connectivity index (χ3n) is 3.97. The second-order valence-corrected chi connectivity index (χ2v) is 7.01. The van der Waals surface area contributed by atoms with E-state index in [2.05, 4.69) is 30.8 Å². The average molecular weight is 380 g/mol. The van der Waals surface area contributed by atoms with E-state index in [1.807, 2.05) is 19.1 Å². The Kier molecular flexibility index (Phi) is 5.58. The van der Waals surface area contributed by atoms with E-state index in [1.54, 1.807) is 44.3 Å². The van der Waals surface area contributed by atoms with Crippen molar-refractivity contribution in [3.8, 4) is 11.4 Å². The lowest BCUT2D eigenvalue weighted by molar-refractivity contribution is 0.547. The third-order valence-corrected chi connectivity index (χ3v) is 3.97. The second-order valence-electron chi connectivity index (χ2n) is 7.01. The number of pyridine rings is 1. The van der Waals surface area contributed by atoms with Crippen LogP contribution in [0.1, 0.15) is 19.5 Å². The molecule has 0 saturated carbocycles. The summed E-state index contributed by atoms with van der Waals surface area (Å²) in [6, 6.07) is 11.7. The fraction of sp³-hybridized carbons (Fsp3) is 0.250. The van der Waals surface area contributed by atoms with Crippen molar-refractivity contribution < 1.29 is 4.39 Å². The molecule has 2 aromatic heterocycles. The van der Waals surface area contributed by atoms with Gasteiger partial charge in [-0.25, -0.2) is 14.4 Å². The highest BCUT2D eigenvalue weighted by atomic mass is 19.1. The van der Waals surface area contributed by atoms with Gasteiger partial charge >= 0.3 is 0 Å². The lowest BCUT2D eigenvalue weighted by atomic mass is 10.1. The van der Waals surface area contributed by atoms with Crippen LogP contribution in [0, 0.1) is 17.6 Å². The summed E-state index contributed by atoms with van der Waals surface area (Å²) in [6.07, 6.45) is 1.69. The van der Waals surface area contributed by atoms with Crippen LogP contribution in [0.4, 0.5) is 21.7 Å². The van der Waals surface area contributed by atoms with E-state index in [9.17, 15) is 9.30 Å². The molecule has 144 valence electrons. The van der Waals surface area contributed by atoms with Gasteiger partial charge in [0, 0.05) is 18.3 Å². The van der Waals surface area contributed by atoms with Crippen LogP contribution in [0.15, 0.2) is 53.8 Å². The first-order valence-corrected chi connectivity index (χ1v) is 8.78. The molecule has 0 spiro atoms. The van der Waals surface area contributed by atoms with Crippen LogP contribution in [0.3, 0.4) is 0 Å². The zero-order valence-electron chi connectivity index (χ0n) is 15.9. The zero-order chi connectivity index (χ0) is 20.1. The van der Waals surface area contributed by atoms with Crippen molar-refractivity contribution >= 4 is 17.3 Å². The highest BCUT2D eigenvalue weighted by molar-refractivity contribution is 5.65. The molecule has 0 unspecified atom stereocenters. The first-order chi connectivity index (χ1) is 13.4. The molecule has 0 amide bonds. The summed E-state index contributed by atoms with van der Waals surface area (Å²) < 4.78 is 14.3. The normalized spacial score (nSPS) is 11.1. The molecular weight excluding hydrogens is 359 g/mol. The number of hydrogen-bond donors (Lipinski definition) is 2. The van der Waals surface area contributed by atoms with Gasteiger partial charge in [0.1, 0.15) is 23.0 Å². The summed E-state index contributed by atoms with van der Waals surface area (Å²) in [5.41, 5.74) is 1.11. The number of nitrogens with zero attached hydrogens (tertiary/aromatic N) is 4. The van der Waals surface area contributed by atoms with Crippen LogP contribution >= 0.6 is 0 Å². The summed E-state index contributed by atoms with van der Waals surface area (Å²) in [6.45, 7) is 5.59. The fourth-order valence-corrected chi connectivity index (χ4v) is 2.39. The van der Waals surface area contributed by atoms with Crippen LogP contribution < -0.4 is 10.6 Å². The maximum absolute atomic E-state index is 14.3. The molecule has 0 bridgehead atoms. The molecule has 3 rings (SSSR count). The Morgan fingerprint density at radius 1 is 1.11 bits per heavy atom. The topological polar surface area (TPSA) is 92.2 Å². The number of rotatable bonds is 7. The molecule has 0 aliphatic rings. The predicted molar refractivity (Wildman–Crippen MR) is 108 cm³/mol. The highest BCUT2D eigenvalue weighted by Gasteiger charge is 2.19. The van der Waals surface area contributed by atoms with Crippen LogP contribution in [0.5, 0.6) is 0 Å². The van der Waals surface area contributed by atoms with Gasteiger partial charge in [0.05, 0.1) is 17.4 Å². The Balaban J connectivity index is 1.97. The summed E-state index contributed by atoms with van der Waals surface area (Å²) >= 11 is 0. The van der Waals surface area contributed by atoms with Crippen LogP contribution in [0.2, 0.25) is 0 Å². The standard InChI is InChI=1S/C20H21FN6O/c1-13-8-9-14(11-22-13)24-18-10-17(23-12-20(2,3)27-28)25-19(26-18)15-6-4-5-7-16(15)21/h4-11H,12H2,1-3H3,(H2,23,24,25,26). The Bertz CT molecular complexity index is 975. The number of nitrogens with one attached hydrogen (secondary N) is 2. The fourth-order valence-electron chi connectivity index (χ4n) is 2.39. The quantitative estimate of drug-likeness (QED) is 0.578. The number of nitroso groups, excluding NO2 is 1. The Morgan fingerprint density at radius 2 is 1.86 bits per heavy atom. The first kappa shape index (κ1) is 19.3. The van der Waals surface area contributed by atoms with Crippen LogP contribution in [-0.2, 0) is 0 Å². The minimum atomic E-state index is -0.808. The largest absolute Gasteiger partial charge is 0.367 e. The summed E-state index contributed by atoms with van der Waals surface area (Å²) in [4.78, 5) is 24.0. The first-order valence-electron chi connectivity index (χ1n) is 8.78. The summed E-state index contributed by atoms with van der Waals surface area (Å²) in [5, 5.41) is 9.32. The van der Waals surface area contributed by atoms with Gasteiger partial charge < -0.3 is 10.6 Å². The van der Waals surface area contributed by atoms with Crippen molar-refractivity contribution in [2.75, 3.05) is 17.2 Å². The molecule has 28 heavy (non-hydrogen) atoms. The molecule has 0 radical (unpaired) electrons. The molecule has 0 aliphatic heterocycles. The average Bonchev–Trinajstić information content (AvgIpc) is 2.68. The highest BCUT2D eigenvalue weighted by Crippen LogP contribution is 2.25. The summed E-state index contributed by atoms with van der Waals surface area (Å²) in [5.74, 6) is 0.728. The lowest BCUT2D eigenvalue weighted by Crippen LogP contribution is -2.27. The molecule has 8 heteroatoms. The molecule has 0 aliphatic carbocycles. The predicted octanol–water partition coefficient (Wildman–Crippen LogP) is 4.69. The maximum Gasteiger partial charge on any atom is 0.166 e. The monoisotopic (exact) mass is 380 g/mol. The number of anilines is 3. The van der Waals surface area contributed by atoms with Crippen LogP contribution in [0.25, 0.3) is 11.4 Å². The van der Waals surface area contributed by atoms with E-state index in [4.69, 9.17) is 0 Å². The van der Waals surface area contributed by atoms with Gasteiger partial charge in [0.2, 0.25) is 0 Å². The van der Waals surface area contributed by atoms with Gasteiger partial charge in [0.25, 0.3) is 0 Å². The van der Waals surface area contributed by atoms with E-state index >= 15 is 0 Å². The summed E-state index contributed by atoms with van der Waals surface area (Å²) in [7, 11) is 0. The minimum Gasteiger partial charge on any atom is -0.367 e. The van der Waals surface area contributed by atoms with Crippen molar-refractivity contribution in [1.82, 2.24) is 15.0 Å². The molecule has 7 nitrogen and oxygen atoms in total. The van der Waals surface area contributed by atoms with E-state index in [0.29, 0.717) is 11.6 Å². The smallest absolute Gasteiger partial charge is 0.166 e. The third kappa shape index (κ3) is 4.85. The van der Waals surface area contributed by atoms with Gasteiger partial charge in [-0.05, 0) is 45.0 Å². The van der Waals surface area contributed by atoms with E-state index in [0.717, 1.165) is 11.4 Å². The van der Waals surface area contributed by atoms with Crippen molar-refractivity contribution in [2.24, 2.45) is 5.18 Å². The lowest BCUT2D eigenvalue weighted by Gasteiger charge is -2.17. The zero-order valence-corrected chi connectivity index (χ0v) is 15.9. The maximum atomic E-state index is 14.3. The molecule has 2 N–H and O–H groups in total. The van der Waals surface area contributed by atoms with Gasteiger partial charge in [-0.15, -0.1) is 0 Å². The Morgan fingerprint density at radius 3 is 2.54 bits per heavy atom. The van der Waals surface area contributed by atoms with Crippen molar-refractivity contribution in [3.63, 3.8) is 0 Å². The minimum absolute atomic E-state index is 0.225. The van der Waals surface area contributed by atoms with Gasteiger partial charge in [-0.1, -0.05) is 17.3 Å². The SMILES string of the molecule is Cc1ccc(Nc2cc(NCC(C)(C)N=O)nc(-c3ccccc3F)n2)cn1. The molecule has 0 saturated heterocycles. The number of halogens is 1. The van der Waals surface area contributed by atoms with Crippen molar-refractivity contribution in [1.29, 1.82) is 0 Å². The van der Waals surface area contributed by atoms with Gasteiger partial charge in [0.15, 0.2) is 5.82 Å².